The van der Waals surface area contributed by atoms with Crippen molar-refractivity contribution in [2.24, 2.45) is 5.73 Å². The number of rotatable bonds is 3. The minimum absolute atomic E-state index is 0.168. The predicted molar refractivity (Wildman–Crippen MR) is 90.7 cm³/mol. The molecule has 0 atom stereocenters. The van der Waals surface area contributed by atoms with Crippen LogP contribution in [0.15, 0.2) is 42.5 Å². The Bertz CT molecular complexity index is 677. The summed E-state index contributed by atoms with van der Waals surface area (Å²) in [5.41, 5.74) is 9.57. The molecule has 0 saturated carbocycles. The normalized spacial score (nSPS) is 10.0. The molecule has 0 aromatic heterocycles. The number of para-hydroxylation sites is 1. The van der Waals surface area contributed by atoms with Crippen LogP contribution < -0.4 is 16.4 Å². The summed E-state index contributed by atoms with van der Waals surface area (Å²) >= 11 is 4.79. The van der Waals surface area contributed by atoms with Crippen molar-refractivity contribution in [3.05, 3.63) is 59.2 Å². The van der Waals surface area contributed by atoms with Crippen LogP contribution >= 0.6 is 12.2 Å². The molecule has 0 aliphatic heterocycles. The first kappa shape index (κ1) is 15.0. The average molecular weight is 299 g/mol. The molecule has 0 bridgehead atoms. The fraction of sp³-hybridized carbons (Fsp3) is 0.125. The molecule has 0 aliphatic rings. The molecule has 0 aliphatic carbocycles. The lowest BCUT2D eigenvalue weighted by atomic mass is 10.1. The molecule has 4 nitrogen and oxygen atoms in total. The lowest BCUT2D eigenvalue weighted by molar-refractivity contribution is 0.102. The molecule has 108 valence electrons. The van der Waals surface area contributed by atoms with E-state index in [1.807, 2.05) is 32.0 Å². The van der Waals surface area contributed by atoms with Crippen molar-refractivity contribution in [2.75, 3.05) is 10.6 Å². The van der Waals surface area contributed by atoms with Crippen LogP contribution in [-0.4, -0.2) is 11.0 Å². The SMILES string of the molecule is Cc1cccc(C)c1NC(=O)c1cccc(NC(N)=S)c1. The van der Waals surface area contributed by atoms with E-state index in [1.165, 1.54) is 0 Å². The number of nitrogens with one attached hydrogen (secondary N) is 2. The number of hydrogen-bond donors (Lipinski definition) is 3. The van der Waals surface area contributed by atoms with Gasteiger partial charge in [0.15, 0.2) is 5.11 Å². The Kier molecular flexibility index (Phi) is 4.55. The van der Waals surface area contributed by atoms with Gasteiger partial charge in [-0.2, -0.15) is 0 Å². The van der Waals surface area contributed by atoms with E-state index in [2.05, 4.69) is 10.6 Å². The van der Waals surface area contributed by atoms with E-state index in [0.29, 0.717) is 11.3 Å². The van der Waals surface area contributed by atoms with E-state index < -0.39 is 0 Å². The molecule has 2 rings (SSSR count). The van der Waals surface area contributed by atoms with Gasteiger partial charge < -0.3 is 16.4 Å². The summed E-state index contributed by atoms with van der Waals surface area (Å²) in [6.07, 6.45) is 0. The molecule has 0 spiro atoms. The first-order valence-electron chi connectivity index (χ1n) is 6.51. The molecular weight excluding hydrogens is 282 g/mol. The summed E-state index contributed by atoms with van der Waals surface area (Å²) in [6, 6.07) is 12.9. The maximum atomic E-state index is 12.4. The van der Waals surface area contributed by atoms with Gasteiger partial charge in [0, 0.05) is 16.9 Å². The molecule has 2 aromatic rings. The summed E-state index contributed by atoms with van der Waals surface area (Å²) in [4.78, 5) is 12.4. The number of benzene rings is 2. The van der Waals surface area contributed by atoms with Crippen LogP contribution in [0, 0.1) is 13.8 Å². The monoisotopic (exact) mass is 299 g/mol. The molecule has 1 amide bonds. The van der Waals surface area contributed by atoms with Gasteiger partial charge in [0.25, 0.3) is 5.91 Å². The first-order valence-corrected chi connectivity index (χ1v) is 6.92. The van der Waals surface area contributed by atoms with Crippen molar-refractivity contribution in [3.63, 3.8) is 0 Å². The highest BCUT2D eigenvalue weighted by atomic mass is 32.1. The average Bonchev–Trinajstić information content (AvgIpc) is 2.42. The summed E-state index contributed by atoms with van der Waals surface area (Å²) in [5, 5.41) is 5.93. The molecule has 0 fully saturated rings. The highest BCUT2D eigenvalue weighted by Crippen LogP contribution is 2.21. The third-order valence-corrected chi connectivity index (χ3v) is 3.21. The molecular formula is C16H17N3OS. The van der Waals surface area contributed by atoms with E-state index in [4.69, 9.17) is 18.0 Å². The van der Waals surface area contributed by atoms with Gasteiger partial charge in [-0.05, 0) is 55.4 Å². The second-order valence-electron chi connectivity index (χ2n) is 4.79. The molecule has 0 unspecified atom stereocenters. The largest absolute Gasteiger partial charge is 0.376 e. The number of nitrogens with two attached hydrogens (primary N) is 1. The number of anilines is 2. The van der Waals surface area contributed by atoms with Crippen molar-refractivity contribution >= 4 is 34.6 Å². The maximum absolute atomic E-state index is 12.4. The molecule has 4 N–H and O–H groups in total. The number of hydrogen-bond acceptors (Lipinski definition) is 2. The molecule has 0 heterocycles. The van der Waals surface area contributed by atoms with Crippen LogP contribution in [0.5, 0.6) is 0 Å². The van der Waals surface area contributed by atoms with E-state index in [-0.39, 0.29) is 11.0 Å². The maximum Gasteiger partial charge on any atom is 0.255 e. The predicted octanol–water partition coefficient (Wildman–Crippen LogP) is 3.21. The second-order valence-corrected chi connectivity index (χ2v) is 5.23. The molecule has 5 heteroatoms. The van der Waals surface area contributed by atoms with Gasteiger partial charge in [0.1, 0.15) is 0 Å². The molecule has 2 aromatic carbocycles. The van der Waals surface area contributed by atoms with Gasteiger partial charge in [0.05, 0.1) is 0 Å². The topological polar surface area (TPSA) is 67.2 Å². The van der Waals surface area contributed by atoms with Gasteiger partial charge in [-0.25, -0.2) is 0 Å². The Morgan fingerprint density at radius 1 is 1.05 bits per heavy atom. The van der Waals surface area contributed by atoms with Gasteiger partial charge in [-0.15, -0.1) is 0 Å². The van der Waals surface area contributed by atoms with Crippen molar-refractivity contribution in [1.29, 1.82) is 0 Å². The van der Waals surface area contributed by atoms with Crippen molar-refractivity contribution < 1.29 is 4.79 Å². The van der Waals surface area contributed by atoms with E-state index in [9.17, 15) is 4.79 Å². The molecule has 0 saturated heterocycles. The lowest BCUT2D eigenvalue weighted by Gasteiger charge is -2.12. The summed E-state index contributed by atoms with van der Waals surface area (Å²) in [5.74, 6) is -0.168. The van der Waals surface area contributed by atoms with Crippen LogP contribution in [0.25, 0.3) is 0 Å². The van der Waals surface area contributed by atoms with Crippen LogP contribution in [-0.2, 0) is 0 Å². The number of thiocarbonyl (C=S) groups is 1. The highest BCUT2D eigenvalue weighted by molar-refractivity contribution is 7.80. The van der Waals surface area contributed by atoms with E-state index >= 15 is 0 Å². The van der Waals surface area contributed by atoms with Gasteiger partial charge in [-0.3, -0.25) is 4.79 Å². The van der Waals surface area contributed by atoms with Crippen molar-refractivity contribution in [3.8, 4) is 0 Å². The lowest BCUT2D eigenvalue weighted by Crippen LogP contribution is -2.19. The van der Waals surface area contributed by atoms with Gasteiger partial charge in [0.2, 0.25) is 0 Å². The zero-order chi connectivity index (χ0) is 15.4. The quantitative estimate of drug-likeness (QED) is 0.761. The Morgan fingerprint density at radius 3 is 2.29 bits per heavy atom. The van der Waals surface area contributed by atoms with E-state index in [0.717, 1.165) is 16.8 Å². The third-order valence-electron chi connectivity index (χ3n) is 3.11. The number of amides is 1. The number of carbonyl (C=O) groups excluding carboxylic acids is 1. The van der Waals surface area contributed by atoms with E-state index in [1.54, 1.807) is 24.3 Å². The summed E-state index contributed by atoms with van der Waals surface area (Å²) in [6.45, 7) is 3.93. The highest BCUT2D eigenvalue weighted by Gasteiger charge is 2.10. The third kappa shape index (κ3) is 3.79. The first-order chi connectivity index (χ1) is 9.97. The summed E-state index contributed by atoms with van der Waals surface area (Å²) in [7, 11) is 0. The minimum Gasteiger partial charge on any atom is -0.376 e. The molecule has 21 heavy (non-hydrogen) atoms. The Balaban J connectivity index is 2.23. The van der Waals surface area contributed by atoms with Crippen LogP contribution in [0.4, 0.5) is 11.4 Å². The molecule has 0 radical (unpaired) electrons. The zero-order valence-electron chi connectivity index (χ0n) is 11.9. The fourth-order valence-electron chi connectivity index (χ4n) is 2.08. The van der Waals surface area contributed by atoms with Crippen molar-refractivity contribution in [2.45, 2.75) is 13.8 Å². The standard InChI is InChI=1S/C16H17N3OS/c1-10-5-3-6-11(2)14(10)19-15(20)12-7-4-8-13(9-12)18-16(17)21/h3-9H,1-2H3,(H,19,20)(H3,17,18,21). The second kappa shape index (κ2) is 6.37. The number of aryl methyl sites for hydroxylation is 2. The fourth-order valence-corrected chi connectivity index (χ4v) is 2.20. The van der Waals surface area contributed by atoms with Crippen LogP contribution in [0.3, 0.4) is 0 Å². The van der Waals surface area contributed by atoms with Crippen LogP contribution in [0.2, 0.25) is 0 Å². The van der Waals surface area contributed by atoms with Gasteiger partial charge in [-0.1, -0.05) is 24.3 Å². The Hall–Kier alpha value is -2.40. The summed E-state index contributed by atoms with van der Waals surface area (Å²) < 4.78 is 0. The Labute approximate surface area is 129 Å². The van der Waals surface area contributed by atoms with Gasteiger partial charge >= 0.3 is 0 Å². The van der Waals surface area contributed by atoms with Crippen molar-refractivity contribution in [1.82, 2.24) is 0 Å². The smallest absolute Gasteiger partial charge is 0.255 e. The zero-order valence-corrected chi connectivity index (χ0v) is 12.8. The van der Waals surface area contributed by atoms with Crippen LogP contribution in [0.1, 0.15) is 21.5 Å². The Morgan fingerprint density at radius 2 is 1.67 bits per heavy atom. The minimum atomic E-state index is -0.168. The number of carbonyl (C=O) groups is 1.